The first-order chi connectivity index (χ1) is 9.63. The molecule has 1 aromatic carbocycles. The molecule has 0 unspecified atom stereocenters. The summed E-state index contributed by atoms with van der Waals surface area (Å²) in [5.74, 6) is 0.363. The van der Waals surface area contributed by atoms with Crippen LogP contribution >= 0.6 is 0 Å². The molecule has 106 valence electrons. The first kappa shape index (κ1) is 13.1. The molecule has 2 aliphatic rings. The fraction of sp³-hybridized carbons (Fsp3) is 0.533. The Balaban J connectivity index is 2.04. The van der Waals surface area contributed by atoms with Crippen molar-refractivity contribution in [2.75, 3.05) is 7.11 Å². The van der Waals surface area contributed by atoms with Gasteiger partial charge in [-0.1, -0.05) is 24.6 Å². The molecule has 2 fully saturated rings. The second-order valence-electron chi connectivity index (χ2n) is 5.62. The Kier molecular flexibility index (Phi) is 3.00. The molecule has 0 aromatic heterocycles. The van der Waals surface area contributed by atoms with Gasteiger partial charge in [-0.15, -0.1) is 0 Å². The number of methoxy groups -OCH3 is 1. The Morgan fingerprint density at radius 2 is 2.10 bits per heavy atom. The zero-order valence-corrected chi connectivity index (χ0v) is 11.4. The third-order valence-electron chi connectivity index (χ3n) is 4.75. The quantitative estimate of drug-likeness (QED) is 0.628. The van der Waals surface area contributed by atoms with Crippen molar-refractivity contribution in [2.24, 2.45) is 5.41 Å². The number of rotatable bonds is 3. The van der Waals surface area contributed by atoms with Gasteiger partial charge in [0.2, 0.25) is 6.04 Å². The molecule has 2 saturated carbocycles. The van der Waals surface area contributed by atoms with Crippen molar-refractivity contribution in [3.8, 4) is 5.75 Å². The van der Waals surface area contributed by atoms with Crippen molar-refractivity contribution in [3.63, 3.8) is 0 Å². The number of benzene rings is 1. The predicted molar refractivity (Wildman–Crippen MR) is 72.4 cm³/mol. The lowest BCUT2D eigenvalue weighted by molar-refractivity contribution is -0.502. The van der Waals surface area contributed by atoms with E-state index in [1.807, 2.05) is 18.2 Å². The van der Waals surface area contributed by atoms with Crippen molar-refractivity contribution in [1.82, 2.24) is 0 Å². The van der Waals surface area contributed by atoms with Gasteiger partial charge in [0.1, 0.15) is 16.9 Å². The van der Waals surface area contributed by atoms with Crippen LogP contribution in [0.3, 0.4) is 0 Å². The molecule has 0 N–H and O–H groups in total. The molecular weight excluding hydrogens is 258 g/mol. The maximum absolute atomic E-state index is 12.3. The van der Waals surface area contributed by atoms with Gasteiger partial charge in [-0.25, -0.2) is 0 Å². The molecule has 1 spiro atoms. The summed E-state index contributed by atoms with van der Waals surface area (Å²) in [6, 6.07) is 6.53. The molecule has 3 atom stereocenters. The lowest BCUT2D eigenvalue weighted by Gasteiger charge is -2.19. The van der Waals surface area contributed by atoms with E-state index in [-0.39, 0.29) is 16.6 Å². The largest absolute Gasteiger partial charge is 0.496 e. The zero-order chi connectivity index (χ0) is 14.3. The fourth-order valence-electron chi connectivity index (χ4n) is 3.82. The first-order valence-corrected chi connectivity index (χ1v) is 6.92. The van der Waals surface area contributed by atoms with Crippen LogP contribution < -0.4 is 4.74 Å². The van der Waals surface area contributed by atoms with Crippen LogP contribution in [-0.4, -0.2) is 23.9 Å². The topological polar surface area (TPSA) is 69.4 Å². The Labute approximate surface area is 117 Å². The summed E-state index contributed by atoms with van der Waals surface area (Å²) in [5, 5.41) is 11.4. The average molecular weight is 275 g/mol. The van der Waals surface area contributed by atoms with E-state index >= 15 is 0 Å². The third kappa shape index (κ3) is 1.65. The maximum atomic E-state index is 12.3. The van der Waals surface area contributed by atoms with Gasteiger partial charge in [-0.05, 0) is 18.9 Å². The van der Waals surface area contributed by atoms with Gasteiger partial charge in [0.25, 0.3) is 0 Å². The van der Waals surface area contributed by atoms with Crippen molar-refractivity contribution < 1.29 is 14.5 Å². The monoisotopic (exact) mass is 275 g/mol. The summed E-state index contributed by atoms with van der Waals surface area (Å²) in [5.41, 5.74) is 0.0167. The molecule has 5 heteroatoms. The van der Waals surface area contributed by atoms with Crippen LogP contribution in [0.15, 0.2) is 24.3 Å². The molecule has 0 saturated heterocycles. The number of carbonyl (C=O) groups excluding carboxylic acids is 1. The van der Waals surface area contributed by atoms with Crippen molar-refractivity contribution in [2.45, 2.75) is 37.6 Å². The van der Waals surface area contributed by atoms with E-state index in [2.05, 4.69) is 0 Å². The van der Waals surface area contributed by atoms with Gasteiger partial charge in [0.05, 0.1) is 13.0 Å². The van der Waals surface area contributed by atoms with Crippen LogP contribution in [0.2, 0.25) is 0 Å². The summed E-state index contributed by atoms with van der Waals surface area (Å²) >= 11 is 0. The molecular formula is C15H17NO4. The van der Waals surface area contributed by atoms with Crippen LogP contribution in [0.4, 0.5) is 0 Å². The Bertz CT molecular complexity index is 571. The van der Waals surface area contributed by atoms with Gasteiger partial charge < -0.3 is 4.74 Å². The Hall–Kier alpha value is -1.91. The molecule has 20 heavy (non-hydrogen) atoms. The number of para-hydroxylation sites is 1. The highest BCUT2D eigenvalue weighted by Gasteiger charge is 2.78. The highest BCUT2D eigenvalue weighted by Crippen LogP contribution is 2.67. The Morgan fingerprint density at radius 1 is 1.35 bits per heavy atom. The predicted octanol–water partition coefficient (Wildman–Crippen LogP) is 2.57. The molecule has 3 rings (SSSR count). The van der Waals surface area contributed by atoms with Crippen LogP contribution in [0.5, 0.6) is 5.75 Å². The van der Waals surface area contributed by atoms with Crippen LogP contribution in [0, 0.1) is 15.5 Å². The standard InChI is InChI=1S/C15H17NO4/c1-20-11-7-3-2-6-10(11)13-14(16(18)19)15(13)9-5-4-8-12(15)17/h2-3,6-7,13-14H,4-5,8-9H2,1H3/t13-,14-,15+/m0/s1. The highest BCUT2D eigenvalue weighted by molar-refractivity contribution is 5.91. The minimum absolute atomic E-state index is 0.0568. The van der Waals surface area contributed by atoms with E-state index in [0.717, 1.165) is 18.4 Å². The van der Waals surface area contributed by atoms with Gasteiger partial charge in [0, 0.05) is 16.9 Å². The van der Waals surface area contributed by atoms with E-state index in [0.29, 0.717) is 18.6 Å². The second kappa shape index (κ2) is 4.58. The molecule has 0 radical (unpaired) electrons. The smallest absolute Gasteiger partial charge is 0.234 e. The van der Waals surface area contributed by atoms with Gasteiger partial charge in [-0.3, -0.25) is 14.9 Å². The number of nitrogens with zero attached hydrogens (tertiary/aromatic N) is 1. The molecule has 1 aromatic rings. The zero-order valence-electron chi connectivity index (χ0n) is 11.4. The lowest BCUT2D eigenvalue weighted by Crippen LogP contribution is -2.27. The molecule has 5 nitrogen and oxygen atoms in total. The number of carbonyl (C=O) groups is 1. The van der Waals surface area contributed by atoms with E-state index in [4.69, 9.17) is 4.74 Å². The number of hydrogen-bond donors (Lipinski definition) is 0. The summed E-state index contributed by atoms with van der Waals surface area (Å²) < 4.78 is 5.31. The van der Waals surface area contributed by atoms with Gasteiger partial charge >= 0.3 is 0 Å². The van der Waals surface area contributed by atoms with Crippen LogP contribution in [-0.2, 0) is 4.79 Å². The maximum Gasteiger partial charge on any atom is 0.234 e. The van der Waals surface area contributed by atoms with Crippen molar-refractivity contribution in [1.29, 1.82) is 0 Å². The van der Waals surface area contributed by atoms with E-state index in [1.165, 1.54) is 0 Å². The third-order valence-corrected chi connectivity index (χ3v) is 4.75. The molecule has 0 amide bonds. The number of ether oxygens (including phenoxy) is 1. The van der Waals surface area contributed by atoms with Crippen molar-refractivity contribution >= 4 is 5.78 Å². The number of nitro groups is 1. The minimum atomic E-state index is -0.786. The average Bonchev–Trinajstić information content (AvgIpc) is 3.12. The summed E-state index contributed by atoms with van der Waals surface area (Å²) in [7, 11) is 1.55. The second-order valence-corrected chi connectivity index (χ2v) is 5.62. The fourth-order valence-corrected chi connectivity index (χ4v) is 3.82. The summed E-state index contributed by atoms with van der Waals surface area (Å²) in [6.07, 6.45) is 2.83. The van der Waals surface area contributed by atoms with E-state index in [9.17, 15) is 14.9 Å². The Morgan fingerprint density at radius 3 is 2.75 bits per heavy atom. The number of hydrogen-bond acceptors (Lipinski definition) is 4. The number of ketones is 1. The molecule has 2 aliphatic carbocycles. The van der Waals surface area contributed by atoms with Crippen molar-refractivity contribution in [3.05, 3.63) is 39.9 Å². The first-order valence-electron chi connectivity index (χ1n) is 6.92. The van der Waals surface area contributed by atoms with E-state index in [1.54, 1.807) is 13.2 Å². The van der Waals surface area contributed by atoms with Crippen LogP contribution in [0.1, 0.15) is 37.2 Å². The molecule has 0 heterocycles. The van der Waals surface area contributed by atoms with Gasteiger partial charge in [-0.2, -0.15) is 0 Å². The van der Waals surface area contributed by atoms with Gasteiger partial charge in [0.15, 0.2) is 0 Å². The highest BCUT2D eigenvalue weighted by atomic mass is 16.6. The van der Waals surface area contributed by atoms with E-state index < -0.39 is 11.5 Å². The molecule has 0 aliphatic heterocycles. The molecule has 0 bridgehead atoms. The summed E-state index contributed by atoms with van der Waals surface area (Å²) in [4.78, 5) is 23.4. The lowest BCUT2D eigenvalue weighted by atomic mass is 9.81. The normalized spacial score (nSPS) is 32.1. The number of Topliss-reactive ketones (excluding diaryl/α,β-unsaturated/α-hetero) is 1. The van der Waals surface area contributed by atoms with Crippen LogP contribution in [0.25, 0.3) is 0 Å². The summed E-state index contributed by atoms with van der Waals surface area (Å²) in [6.45, 7) is 0. The minimum Gasteiger partial charge on any atom is -0.496 e. The SMILES string of the molecule is COc1ccccc1[C@H]1[C@H]([N+](=O)[O-])[C@@]12CCCCC2=O.